The maximum absolute atomic E-state index is 12.5. The van der Waals surface area contributed by atoms with Crippen molar-refractivity contribution >= 4 is 30.5 Å². The number of ketones is 1. The number of aliphatic hydroxyl groups is 2. The molecular weight excluding hydrogens is 372 g/mol. The topological polar surface area (TPSA) is 113 Å². The summed E-state index contributed by atoms with van der Waals surface area (Å²) >= 11 is 4.17. The van der Waals surface area contributed by atoms with Crippen molar-refractivity contribution in [1.29, 1.82) is 0 Å². The van der Waals surface area contributed by atoms with Gasteiger partial charge < -0.3 is 24.8 Å². The van der Waals surface area contributed by atoms with Gasteiger partial charge in [-0.15, -0.1) is 12.6 Å². The van der Waals surface area contributed by atoms with Gasteiger partial charge in [0, 0.05) is 12.5 Å². The highest BCUT2D eigenvalue weighted by molar-refractivity contribution is 7.84. The second-order valence-electron chi connectivity index (χ2n) is 6.17. The molecule has 1 aliphatic rings. The lowest BCUT2D eigenvalue weighted by atomic mass is 10.0. The fourth-order valence-electron chi connectivity index (χ4n) is 2.65. The molecule has 1 aromatic rings. The Labute approximate surface area is 162 Å². The Morgan fingerprint density at radius 2 is 1.96 bits per heavy atom. The number of allylic oxidation sites excluding steroid dienone is 1. The Morgan fingerprint density at radius 3 is 2.63 bits per heavy atom. The van der Waals surface area contributed by atoms with Gasteiger partial charge in [0.2, 0.25) is 0 Å². The van der Waals surface area contributed by atoms with Crippen LogP contribution in [0, 0.1) is 0 Å². The highest BCUT2D eigenvalue weighted by Gasteiger charge is 2.25. The number of cyclic esters (lactones) is 1. The molecule has 0 saturated heterocycles. The molecule has 0 bridgehead atoms. The van der Waals surface area contributed by atoms with E-state index in [1.54, 1.807) is 6.92 Å². The molecule has 3 N–H and O–H groups in total. The Hall–Kier alpha value is -2.29. The van der Waals surface area contributed by atoms with Crippen LogP contribution >= 0.6 is 12.6 Å². The number of hydrogen-bond acceptors (Lipinski definition) is 8. The third-order valence-corrected chi connectivity index (χ3v) is 4.31. The van der Waals surface area contributed by atoms with Crippen LogP contribution in [0.1, 0.15) is 35.7 Å². The molecule has 146 valence electrons. The zero-order valence-corrected chi connectivity index (χ0v) is 15.8. The van der Waals surface area contributed by atoms with E-state index in [1.165, 1.54) is 37.5 Å². The second kappa shape index (κ2) is 9.07. The van der Waals surface area contributed by atoms with Gasteiger partial charge in [-0.1, -0.05) is 12.2 Å². The molecule has 3 atom stereocenters. The van der Waals surface area contributed by atoms with Crippen LogP contribution in [0.2, 0.25) is 0 Å². The number of phenolic OH excluding ortho intramolecular Hbond substituents is 1. The van der Waals surface area contributed by atoms with E-state index >= 15 is 0 Å². The first-order valence-corrected chi connectivity index (χ1v) is 8.74. The van der Waals surface area contributed by atoms with Crippen LogP contribution in [0.5, 0.6) is 11.5 Å². The van der Waals surface area contributed by atoms with E-state index in [2.05, 4.69) is 12.6 Å². The van der Waals surface area contributed by atoms with Crippen LogP contribution in [0.25, 0.3) is 6.08 Å². The first-order chi connectivity index (χ1) is 12.7. The van der Waals surface area contributed by atoms with Crippen molar-refractivity contribution in [3.05, 3.63) is 40.3 Å². The number of ether oxygens (including phenoxy) is 2. The standard InChI is InChI=1S/C19H22O7S/c1-10-6-13(27)9-16(22)18(23)14(20)5-3-4-11-7-12(25-2)8-15(21)17(11)19(24)26-10/h3-4,6-8,10,14,18,20-21,23,27H,5,9H2,1-2H3/b4-3+,13-6-/t10-,14-,18-/m0/s1. The highest BCUT2D eigenvalue weighted by atomic mass is 32.1. The number of esters is 1. The molecule has 0 aromatic heterocycles. The Bertz CT molecular complexity index is 785. The van der Waals surface area contributed by atoms with Crippen LogP contribution in [-0.2, 0) is 9.53 Å². The summed E-state index contributed by atoms with van der Waals surface area (Å²) in [5.74, 6) is -1.34. The number of thiol groups is 1. The summed E-state index contributed by atoms with van der Waals surface area (Å²) in [4.78, 5) is 24.8. The van der Waals surface area contributed by atoms with E-state index in [0.29, 0.717) is 16.2 Å². The summed E-state index contributed by atoms with van der Waals surface area (Å²) in [5, 5.41) is 30.2. The van der Waals surface area contributed by atoms with Gasteiger partial charge in [-0.25, -0.2) is 4.79 Å². The van der Waals surface area contributed by atoms with Gasteiger partial charge >= 0.3 is 5.97 Å². The summed E-state index contributed by atoms with van der Waals surface area (Å²) < 4.78 is 10.4. The quantitative estimate of drug-likeness (QED) is 0.425. The van der Waals surface area contributed by atoms with Crippen LogP contribution < -0.4 is 4.74 Å². The van der Waals surface area contributed by atoms with Crippen molar-refractivity contribution < 1.29 is 34.4 Å². The van der Waals surface area contributed by atoms with E-state index in [1.807, 2.05) is 0 Å². The molecule has 27 heavy (non-hydrogen) atoms. The van der Waals surface area contributed by atoms with Gasteiger partial charge in [-0.2, -0.15) is 0 Å². The number of benzene rings is 1. The van der Waals surface area contributed by atoms with Crippen molar-refractivity contribution in [3.8, 4) is 11.5 Å². The number of fused-ring (bicyclic) bond motifs is 1. The average Bonchev–Trinajstić information content (AvgIpc) is 2.58. The van der Waals surface area contributed by atoms with Crippen LogP contribution in [-0.4, -0.2) is 52.5 Å². The SMILES string of the molecule is COc1cc(O)c2c(c1)/C=C/C[C@H](O)[C@H](O)C(=O)C/C(S)=C/[C@H](C)OC2=O. The fourth-order valence-corrected chi connectivity index (χ4v) is 3.01. The molecule has 7 nitrogen and oxygen atoms in total. The van der Waals surface area contributed by atoms with Crippen molar-refractivity contribution in [2.45, 2.75) is 38.1 Å². The number of carbonyl (C=O) groups is 2. The molecule has 2 rings (SSSR count). The number of aliphatic hydroxyl groups excluding tert-OH is 2. The number of Topliss-reactive ketones (excluding diaryl/α,β-unsaturated/α-hetero) is 1. The summed E-state index contributed by atoms with van der Waals surface area (Å²) in [6, 6.07) is 2.82. The molecule has 0 aliphatic carbocycles. The minimum Gasteiger partial charge on any atom is -0.507 e. The van der Waals surface area contributed by atoms with Crippen LogP contribution in [0.3, 0.4) is 0 Å². The molecule has 0 unspecified atom stereocenters. The largest absolute Gasteiger partial charge is 0.507 e. The van der Waals surface area contributed by atoms with E-state index in [9.17, 15) is 24.9 Å². The number of hydrogen-bond donors (Lipinski definition) is 4. The number of methoxy groups -OCH3 is 1. The summed E-state index contributed by atoms with van der Waals surface area (Å²) in [7, 11) is 1.42. The van der Waals surface area contributed by atoms with E-state index < -0.39 is 30.1 Å². The lowest BCUT2D eigenvalue weighted by Gasteiger charge is -2.17. The molecule has 0 spiro atoms. The minimum atomic E-state index is -1.57. The third-order valence-electron chi connectivity index (χ3n) is 4.01. The molecular formula is C19H22O7S. The van der Waals surface area contributed by atoms with Gasteiger partial charge in [0.15, 0.2) is 5.78 Å². The first kappa shape index (κ1) is 21.0. The van der Waals surface area contributed by atoms with Crippen molar-refractivity contribution in [2.24, 2.45) is 0 Å². The number of aromatic hydroxyl groups is 1. The Kier molecular flexibility index (Phi) is 7.06. The van der Waals surface area contributed by atoms with Crippen LogP contribution in [0.15, 0.2) is 29.2 Å². The maximum Gasteiger partial charge on any atom is 0.343 e. The molecule has 0 amide bonds. The van der Waals surface area contributed by atoms with Crippen LogP contribution in [0.4, 0.5) is 0 Å². The molecule has 0 saturated carbocycles. The third kappa shape index (κ3) is 5.35. The zero-order valence-electron chi connectivity index (χ0n) is 15.0. The van der Waals surface area contributed by atoms with E-state index in [0.717, 1.165) is 0 Å². The molecule has 1 aromatic carbocycles. The van der Waals surface area contributed by atoms with Crippen molar-refractivity contribution in [2.75, 3.05) is 7.11 Å². The van der Waals surface area contributed by atoms with E-state index in [-0.39, 0.29) is 24.2 Å². The molecule has 1 aliphatic heterocycles. The number of carbonyl (C=O) groups excluding carboxylic acids is 2. The first-order valence-electron chi connectivity index (χ1n) is 8.30. The maximum atomic E-state index is 12.5. The second-order valence-corrected chi connectivity index (χ2v) is 6.75. The van der Waals surface area contributed by atoms with Gasteiger partial charge in [0.05, 0.1) is 13.2 Å². The summed E-state index contributed by atoms with van der Waals surface area (Å²) in [6.45, 7) is 1.58. The summed E-state index contributed by atoms with van der Waals surface area (Å²) in [6.07, 6.45) is 0.553. The van der Waals surface area contributed by atoms with Crippen molar-refractivity contribution in [3.63, 3.8) is 0 Å². The lowest BCUT2D eigenvalue weighted by molar-refractivity contribution is -0.131. The predicted molar refractivity (Wildman–Crippen MR) is 102 cm³/mol. The Morgan fingerprint density at radius 1 is 1.26 bits per heavy atom. The van der Waals surface area contributed by atoms with Crippen molar-refractivity contribution in [1.82, 2.24) is 0 Å². The summed E-state index contributed by atoms with van der Waals surface area (Å²) in [5.41, 5.74) is 0.250. The number of rotatable bonds is 1. The van der Waals surface area contributed by atoms with Gasteiger partial charge in [0.25, 0.3) is 0 Å². The zero-order chi connectivity index (χ0) is 20.1. The molecule has 0 fully saturated rings. The smallest absolute Gasteiger partial charge is 0.343 e. The molecule has 1 heterocycles. The monoisotopic (exact) mass is 394 g/mol. The Balaban J connectivity index is 2.50. The normalized spacial score (nSPS) is 27.6. The lowest BCUT2D eigenvalue weighted by Crippen LogP contribution is -2.33. The predicted octanol–water partition coefficient (Wildman–Crippen LogP) is 1.86. The minimum absolute atomic E-state index is 0.0403. The van der Waals surface area contributed by atoms with Gasteiger partial charge in [0.1, 0.15) is 29.3 Å². The van der Waals surface area contributed by atoms with Gasteiger partial charge in [-0.3, -0.25) is 4.79 Å². The van der Waals surface area contributed by atoms with E-state index in [4.69, 9.17) is 9.47 Å². The average molecular weight is 394 g/mol. The number of phenols is 1. The van der Waals surface area contributed by atoms with Gasteiger partial charge in [-0.05, 0) is 36.0 Å². The highest BCUT2D eigenvalue weighted by Crippen LogP contribution is 2.30. The molecule has 0 radical (unpaired) electrons. The fraction of sp³-hybridized carbons (Fsp3) is 0.368. The molecule has 8 heteroatoms.